The van der Waals surface area contributed by atoms with Crippen molar-refractivity contribution < 1.29 is 19.1 Å². The molecule has 0 radical (unpaired) electrons. The third kappa shape index (κ3) is 2.96. The molecule has 19 heavy (non-hydrogen) atoms. The highest BCUT2D eigenvalue weighted by atomic mass is 32.1. The van der Waals surface area contributed by atoms with Gasteiger partial charge in [0.25, 0.3) is 5.91 Å². The number of hydrogen-bond donors (Lipinski definition) is 1. The molecule has 1 N–H and O–H groups in total. The van der Waals surface area contributed by atoms with Crippen LogP contribution in [0.15, 0.2) is 5.38 Å². The van der Waals surface area contributed by atoms with E-state index in [4.69, 9.17) is 9.47 Å². The standard InChI is InChI=1S/C13H17NO4S/c1-7-6-19-11(13(16)17-3)10(7)14-12(15)9-5-4-8(2)18-9/h6,8-9H,4-5H2,1-3H3,(H,14,15). The summed E-state index contributed by atoms with van der Waals surface area (Å²) in [6.07, 6.45) is 1.27. The number of carbonyl (C=O) groups is 2. The zero-order chi connectivity index (χ0) is 14.0. The molecule has 2 unspecified atom stereocenters. The fourth-order valence-electron chi connectivity index (χ4n) is 2.04. The second-order valence-corrected chi connectivity index (χ2v) is 5.50. The smallest absolute Gasteiger partial charge is 0.350 e. The van der Waals surface area contributed by atoms with E-state index in [1.54, 1.807) is 0 Å². The van der Waals surface area contributed by atoms with Crippen LogP contribution in [0.4, 0.5) is 5.69 Å². The van der Waals surface area contributed by atoms with Gasteiger partial charge in [0.1, 0.15) is 11.0 Å². The van der Waals surface area contributed by atoms with Crippen molar-refractivity contribution in [1.29, 1.82) is 0 Å². The third-order valence-electron chi connectivity index (χ3n) is 3.12. The van der Waals surface area contributed by atoms with Crippen molar-refractivity contribution in [2.45, 2.75) is 38.9 Å². The molecule has 0 spiro atoms. The van der Waals surface area contributed by atoms with Crippen LogP contribution >= 0.6 is 11.3 Å². The predicted molar refractivity (Wildman–Crippen MR) is 72.6 cm³/mol. The number of methoxy groups -OCH3 is 1. The summed E-state index contributed by atoms with van der Waals surface area (Å²) in [5.74, 6) is -0.634. The van der Waals surface area contributed by atoms with Crippen LogP contribution < -0.4 is 5.32 Å². The number of ether oxygens (including phenoxy) is 2. The van der Waals surface area contributed by atoms with Crippen LogP contribution in [0.3, 0.4) is 0 Å². The Morgan fingerprint density at radius 1 is 1.47 bits per heavy atom. The predicted octanol–water partition coefficient (Wildman–Crippen LogP) is 2.35. The maximum atomic E-state index is 12.1. The van der Waals surface area contributed by atoms with Gasteiger partial charge in [-0.25, -0.2) is 4.79 Å². The van der Waals surface area contributed by atoms with E-state index in [-0.39, 0.29) is 12.0 Å². The Morgan fingerprint density at radius 2 is 2.21 bits per heavy atom. The molecular weight excluding hydrogens is 266 g/mol. The van der Waals surface area contributed by atoms with Crippen molar-refractivity contribution in [2.75, 3.05) is 12.4 Å². The Kier molecular flexibility index (Phi) is 4.21. The number of thiophene rings is 1. The highest BCUT2D eigenvalue weighted by molar-refractivity contribution is 7.12. The highest BCUT2D eigenvalue weighted by Crippen LogP contribution is 2.29. The first-order chi connectivity index (χ1) is 9.02. The first kappa shape index (κ1) is 14.0. The number of hydrogen-bond acceptors (Lipinski definition) is 5. The van der Waals surface area contributed by atoms with Gasteiger partial charge in [-0.1, -0.05) is 0 Å². The highest BCUT2D eigenvalue weighted by Gasteiger charge is 2.29. The Hall–Kier alpha value is -1.40. The van der Waals surface area contributed by atoms with Crippen molar-refractivity contribution >= 4 is 28.9 Å². The average Bonchev–Trinajstić information content (AvgIpc) is 2.96. The van der Waals surface area contributed by atoms with Gasteiger partial charge >= 0.3 is 5.97 Å². The minimum absolute atomic E-state index is 0.111. The minimum Gasteiger partial charge on any atom is -0.465 e. The maximum absolute atomic E-state index is 12.1. The molecule has 1 aromatic rings. The van der Waals surface area contributed by atoms with Crippen LogP contribution in [0.1, 0.15) is 35.0 Å². The molecule has 1 fully saturated rings. The molecule has 1 aromatic heterocycles. The summed E-state index contributed by atoms with van der Waals surface area (Å²) in [6.45, 7) is 3.79. The van der Waals surface area contributed by atoms with Gasteiger partial charge in [0.2, 0.25) is 0 Å². The van der Waals surface area contributed by atoms with Gasteiger partial charge in [-0.3, -0.25) is 4.79 Å². The van der Waals surface area contributed by atoms with Crippen molar-refractivity contribution in [3.63, 3.8) is 0 Å². The van der Waals surface area contributed by atoms with Crippen LogP contribution in [0.25, 0.3) is 0 Å². The van der Waals surface area contributed by atoms with Crippen LogP contribution in [-0.2, 0) is 14.3 Å². The van der Waals surface area contributed by atoms with E-state index in [0.717, 1.165) is 12.0 Å². The van der Waals surface area contributed by atoms with Crippen molar-refractivity contribution in [2.24, 2.45) is 0 Å². The summed E-state index contributed by atoms with van der Waals surface area (Å²) in [7, 11) is 1.32. The van der Waals surface area contributed by atoms with E-state index >= 15 is 0 Å². The summed E-state index contributed by atoms with van der Waals surface area (Å²) in [6, 6.07) is 0. The summed E-state index contributed by atoms with van der Waals surface area (Å²) in [5.41, 5.74) is 1.38. The average molecular weight is 283 g/mol. The molecular formula is C13H17NO4S. The van der Waals surface area contributed by atoms with Crippen LogP contribution in [-0.4, -0.2) is 31.2 Å². The van der Waals surface area contributed by atoms with Gasteiger partial charge in [-0.05, 0) is 37.6 Å². The first-order valence-corrected chi connectivity index (χ1v) is 7.03. The van der Waals surface area contributed by atoms with Gasteiger partial charge in [0, 0.05) is 0 Å². The maximum Gasteiger partial charge on any atom is 0.350 e. The molecule has 2 rings (SSSR count). The first-order valence-electron chi connectivity index (χ1n) is 6.15. The number of anilines is 1. The van der Waals surface area contributed by atoms with E-state index in [0.29, 0.717) is 17.0 Å². The number of carbonyl (C=O) groups excluding carboxylic acids is 2. The van der Waals surface area contributed by atoms with E-state index in [2.05, 4.69) is 5.32 Å². The third-order valence-corrected chi connectivity index (χ3v) is 4.20. The Morgan fingerprint density at radius 3 is 2.79 bits per heavy atom. The van der Waals surface area contributed by atoms with Gasteiger partial charge < -0.3 is 14.8 Å². The SMILES string of the molecule is COC(=O)c1scc(C)c1NC(=O)C1CCC(C)O1. The van der Waals surface area contributed by atoms with Crippen molar-refractivity contribution in [3.05, 3.63) is 15.8 Å². The molecule has 1 aliphatic heterocycles. The fourth-order valence-corrected chi connectivity index (χ4v) is 2.96. The lowest BCUT2D eigenvalue weighted by atomic mass is 10.2. The molecule has 1 saturated heterocycles. The summed E-state index contributed by atoms with van der Waals surface area (Å²) in [4.78, 5) is 24.1. The molecule has 104 valence electrons. The van der Waals surface area contributed by atoms with Crippen molar-refractivity contribution in [3.8, 4) is 0 Å². The zero-order valence-corrected chi connectivity index (χ0v) is 12.0. The Balaban J connectivity index is 2.12. The molecule has 5 nitrogen and oxygen atoms in total. The molecule has 0 aliphatic carbocycles. The van der Waals surface area contributed by atoms with Gasteiger partial charge in [0.05, 0.1) is 18.9 Å². The topological polar surface area (TPSA) is 64.6 Å². The lowest BCUT2D eigenvalue weighted by Gasteiger charge is -2.12. The summed E-state index contributed by atoms with van der Waals surface area (Å²) >= 11 is 1.26. The van der Waals surface area contributed by atoms with Gasteiger partial charge in [0.15, 0.2) is 0 Å². The van der Waals surface area contributed by atoms with E-state index in [1.807, 2.05) is 19.2 Å². The molecule has 0 aromatic carbocycles. The largest absolute Gasteiger partial charge is 0.465 e. The fraction of sp³-hybridized carbons (Fsp3) is 0.538. The quantitative estimate of drug-likeness (QED) is 0.865. The molecule has 1 amide bonds. The van der Waals surface area contributed by atoms with Crippen LogP contribution in [0.5, 0.6) is 0 Å². The number of amides is 1. The van der Waals surface area contributed by atoms with E-state index in [9.17, 15) is 9.59 Å². The van der Waals surface area contributed by atoms with Gasteiger partial charge in [-0.2, -0.15) is 0 Å². The molecule has 2 atom stereocenters. The van der Waals surface area contributed by atoms with Gasteiger partial charge in [-0.15, -0.1) is 11.3 Å². The summed E-state index contributed by atoms with van der Waals surface area (Å²) < 4.78 is 10.2. The zero-order valence-electron chi connectivity index (χ0n) is 11.2. The van der Waals surface area contributed by atoms with E-state index < -0.39 is 12.1 Å². The molecule has 2 heterocycles. The number of aryl methyl sites for hydroxylation is 1. The van der Waals surface area contributed by atoms with Crippen molar-refractivity contribution in [1.82, 2.24) is 0 Å². The van der Waals surface area contributed by atoms with E-state index in [1.165, 1.54) is 18.4 Å². The normalized spacial score (nSPS) is 22.3. The second-order valence-electron chi connectivity index (χ2n) is 4.62. The lowest BCUT2D eigenvalue weighted by molar-refractivity contribution is -0.126. The molecule has 0 bridgehead atoms. The number of nitrogens with one attached hydrogen (secondary N) is 1. The lowest BCUT2D eigenvalue weighted by Crippen LogP contribution is -2.28. The number of esters is 1. The monoisotopic (exact) mass is 283 g/mol. The summed E-state index contributed by atoms with van der Waals surface area (Å²) in [5, 5.41) is 4.60. The van der Waals surface area contributed by atoms with Crippen LogP contribution in [0, 0.1) is 6.92 Å². The minimum atomic E-state index is -0.436. The Labute approximate surface area is 115 Å². The molecule has 1 aliphatic rings. The number of rotatable bonds is 3. The second kappa shape index (κ2) is 5.71. The molecule has 6 heteroatoms. The Bertz CT molecular complexity index is 497. The van der Waals surface area contributed by atoms with Crippen LogP contribution in [0.2, 0.25) is 0 Å². The molecule has 0 saturated carbocycles.